The fourth-order valence-corrected chi connectivity index (χ4v) is 2.69. The largest absolute Gasteiger partial charge is 0.497 e. The average Bonchev–Trinajstić information content (AvgIpc) is 3.01. The van der Waals surface area contributed by atoms with Crippen LogP contribution in [0.5, 0.6) is 5.75 Å². The van der Waals surface area contributed by atoms with Gasteiger partial charge in [-0.1, -0.05) is 12.8 Å². The molecule has 0 aliphatic heterocycles. The highest BCUT2D eigenvalue weighted by Gasteiger charge is 2.14. The summed E-state index contributed by atoms with van der Waals surface area (Å²) in [5, 5.41) is 3.43. The molecule has 0 unspecified atom stereocenters. The van der Waals surface area contributed by atoms with Gasteiger partial charge in [-0.3, -0.25) is 9.36 Å². The van der Waals surface area contributed by atoms with Crippen molar-refractivity contribution < 1.29 is 4.74 Å². The third-order valence-corrected chi connectivity index (χ3v) is 3.86. The first-order chi connectivity index (χ1) is 10.3. The first kappa shape index (κ1) is 13.7. The Kier molecular flexibility index (Phi) is 3.90. The Labute approximate surface area is 123 Å². The molecule has 0 atom stereocenters. The predicted octanol–water partition coefficient (Wildman–Crippen LogP) is 2.60. The summed E-state index contributed by atoms with van der Waals surface area (Å²) < 4.78 is 6.59. The van der Waals surface area contributed by atoms with Crippen molar-refractivity contribution in [3.63, 3.8) is 0 Å². The Morgan fingerprint density at radius 3 is 2.71 bits per heavy atom. The molecule has 1 fully saturated rings. The normalized spacial score (nSPS) is 15.1. The third kappa shape index (κ3) is 3.07. The quantitative estimate of drug-likeness (QED) is 0.938. The number of methoxy groups -OCH3 is 1. The molecule has 2 aromatic rings. The molecule has 0 amide bonds. The standard InChI is InChI=1S/C16H19N3O2/c1-21-14-8-9-19(16(20)10-14)13-6-7-15(17-11-13)18-12-4-2-3-5-12/h6-12H,2-5H2,1H3,(H,17,18). The lowest BCUT2D eigenvalue weighted by molar-refractivity contribution is 0.413. The van der Waals surface area contributed by atoms with Crippen molar-refractivity contribution in [1.82, 2.24) is 9.55 Å². The molecule has 21 heavy (non-hydrogen) atoms. The van der Waals surface area contributed by atoms with Gasteiger partial charge in [-0.25, -0.2) is 4.98 Å². The maximum absolute atomic E-state index is 12.0. The number of aromatic nitrogens is 2. The molecule has 110 valence electrons. The zero-order valence-electron chi connectivity index (χ0n) is 12.1. The minimum absolute atomic E-state index is 0.132. The second-order valence-electron chi connectivity index (χ2n) is 5.30. The molecule has 0 aromatic carbocycles. The molecule has 1 aliphatic rings. The van der Waals surface area contributed by atoms with Crippen molar-refractivity contribution >= 4 is 5.82 Å². The van der Waals surface area contributed by atoms with E-state index in [0.717, 1.165) is 11.5 Å². The molecular formula is C16H19N3O2. The van der Waals surface area contributed by atoms with E-state index in [1.54, 1.807) is 30.1 Å². The van der Waals surface area contributed by atoms with E-state index in [-0.39, 0.29) is 5.56 Å². The molecule has 3 rings (SSSR count). The van der Waals surface area contributed by atoms with Gasteiger partial charge >= 0.3 is 0 Å². The van der Waals surface area contributed by atoms with E-state index < -0.39 is 0 Å². The van der Waals surface area contributed by atoms with Gasteiger partial charge in [0.05, 0.1) is 19.0 Å². The SMILES string of the molecule is COc1ccn(-c2ccc(NC3CCCC3)nc2)c(=O)c1. The number of rotatable bonds is 4. The minimum Gasteiger partial charge on any atom is -0.497 e. The van der Waals surface area contributed by atoms with Crippen LogP contribution in [0.4, 0.5) is 5.82 Å². The van der Waals surface area contributed by atoms with Crippen LogP contribution in [-0.2, 0) is 0 Å². The van der Waals surface area contributed by atoms with E-state index in [1.807, 2.05) is 12.1 Å². The van der Waals surface area contributed by atoms with Gasteiger partial charge in [-0.2, -0.15) is 0 Å². The van der Waals surface area contributed by atoms with Crippen LogP contribution in [0.2, 0.25) is 0 Å². The summed E-state index contributed by atoms with van der Waals surface area (Å²) in [6, 6.07) is 7.58. The maximum atomic E-state index is 12.0. The molecule has 1 saturated carbocycles. The lowest BCUT2D eigenvalue weighted by Gasteiger charge is -2.13. The van der Waals surface area contributed by atoms with E-state index in [0.29, 0.717) is 11.8 Å². The van der Waals surface area contributed by atoms with Crippen molar-refractivity contribution in [2.45, 2.75) is 31.7 Å². The lowest BCUT2D eigenvalue weighted by atomic mass is 10.2. The van der Waals surface area contributed by atoms with E-state index in [9.17, 15) is 4.79 Å². The Morgan fingerprint density at radius 1 is 1.29 bits per heavy atom. The molecule has 0 spiro atoms. The number of hydrogen-bond donors (Lipinski definition) is 1. The first-order valence-electron chi connectivity index (χ1n) is 7.26. The summed E-state index contributed by atoms with van der Waals surface area (Å²) in [5.41, 5.74) is 0.618. The van der Waals surface area contributed by atoms with Crippen LogP contribution >= 0.6 is 0 Å². The van der Waals surface area contributed by atoms with Crippen LogP contribution in [0.15, 0.2) is 41.5 Å². The second kappa shape index (κ2) is 5.99. The highest BCUT2D eigenvalue weighted by Crippen LogP contribution is 2.21. The van der Waals surface area contributed by atoms with Crippen LogP contribution in [0.1, 0.15) is 25.7 Å². The summed E-state index contributed by atoms with van der Waals surface area (Å²) in [4.78, 5) is 16.4. The van der Waals surface area contributed by atoms with Gasteiger partial charge in [0.2, 0.25) is 0 Å². The highest BCUT2D eigenvalue weighted by atomic mass is 16.5. The Hall–Kier alpha value is -2.30. The number of hydrogen-bond acceptors (Lipinski definition) is 4. The Bertz CT molecular complexity index is 658. The maximum Gasteiger partial charge on any atom is 0.258 e. The lowest BCUT2D eigenvalue weighted by Crippen LogP contribution is -2.18. The van der Waals surface area contributed by atoms with Gasteiger partial charge in [-0.05, 0) is 31.0 Å². The predicted molar refractivity (Wildman–Crippen MR) is 82.3 cm³/mol. The van der Waals surface area contributed by atoms with Gasteiger partial charge in [-0.15, -0.1) is 0 Å². The van der Waals surface area contributed by atoms with Crippen molar-refractivity contribution in [2.75, 3.05) is 12.4 Å². The molecule has 5 nitrogen and oxygen atoms in total. The number of nitrogens with zero attached hydrogens (tertiary/aromatic N) is 2. The smallest absolute Gasteiger partial charge is 0.258 e. The number of ether oxygens (including phenoxy) is 1. The van der Waals surface area contributed by atoms with Crippen LogP contribution in [0.3, 0.4) is 0 Å². The molecule has 2 heterocycles. The summed E-state index contributed by atoms with van der Waals surface area (Å²) in [7, 11) is 1.55. The van der Waals surface area contributed by atoms with Gasteiger partial charge in [0.1, 0.15) is 11.6 Å². The van der Waals surface area contributed by atoms with Crippen LogP contribution in [0, 0.1) is 0 Å². The zero-order valence-corrected chi connectivity index (χ0v) is 12.1. The molecule has 1 N–H and O–H groups in total. The second-order valence-corrected chi connectivity index (χ2v) is 5.30. The minimum atomic E-state index is -0.132. The molecule has 5 heteroatoms. The molecule has 2 aromatic heterocycles. The van der Waals surface area contributed by atoms with Crippen LogP contribution in [0.25, 0.3) is 5.69 Å². The highest BCUT2D eigenvalue weighted by molar-refractivity contribution is 5.42. The van der Waals surface area contributed by atoms with Crippen molar-refractivity contribution in [2.24, 2.45) is 0 Å². The van der Waals surface area contributed by atoms with E-state index >= 15 is 0 Å². The average molecular weight is 285 g/mol. The van der Waals surface area contributed by atoms with Crippen molar-refractivity contribution in [3.8, 4) is 11.4 Å². The van der Waals surface area contributed by atoms with Gasteiger partial charge in [0, 0.05) is 18.3 Å². The Balaban J connectivity index is 1.78. The van der Waals surface area contributed by atoms with E-state index in [2.05, 4.69) is 10.3 Å². The fraction of sp³-hybridized carbons (Fsp3) is 0.375. The molecule has 0 saturated heterocycles. The summed E-state index contributed by atoms with van der Waals surface area (Å²) in [6.07, 6.45) is 8.41. The number of pyridine rings is 2. The van der Waals surface area contributed by atoms with Crippen molar-refractivity contribution in [1.29, 1.82) is 0 Å². The Morgan fingerprint density at radius 2 is 2.10 bits per heavy atom. The monoisotopic (exact) mass is 285 g/mol. The van der Waals surface area contributed by atoms with Gasteiger partial charge in [0.25, 0.3) is 5.56 Å². The zero-order chi connectivity index (χ0) is 14.7. The van der Waals surface area contributed by atoms with Crippen LogP contribution < -0.4 is 15.6 Å². The van der Waals surface area contributed by atoms with Crippen LogP contribution in [-0.4, -0.2) is 22.7 Å². The molecule has 0 radical (unpaired) electrons. The fourth-order valence-electron chi connectivity index (χ4n) is 2.69. The first-order valence-corrected chi connectivity index (χ1v) is 7.26. The van der Waals surface area contributed by atoms with Gasteiger partial charge in [0.15, 0.2) is 0 Å². The summed E-state index contributed by atoms with van der Waals surface area (Å²) in [5.74, 6) is 1.43. The number of nitrogens with one attached hydrogen (secondary N) is 1. The molecule has 1 aliphatic carbocycles. The van der Waals surface area contributed by atoms with E-state index in [1.165, 1.54) is 31.7 Å². The van der Waals surface area contributed by atoms with Gasteiger partial charge < -0.3 is 10.1 Å². The molecular weight excluding hydrogens is 266 g/mol. The topological polar surface area (TPSA) is 56.1 Å². The summed E-state index contributed by atoms with van der Waals surface area (Å²) in [6.45, 7) is 0. The third-order valence-electron chi connectivity index (χ3n) is 3.86. The number of anilines is 1. The van der Waals surface area contributed by atoms with E-state index in [4.69, 9.17) is 4.74 Å². The molecule has 0 bridgehead atoms. The summed E-state index contributed by atoms with van der Waals surface area (Å²) >= 11 is 0. The van der Waals surface area contributed by atoms with Crippen molar-refractivity contribution in [3.05, 3.63) is 47.0 Å².